The molecule has 0 atom stereocenters. The van der Waals surface area contributed by atoms with Crippen LogP contribution in [0.2, 0.25) is 0 Å². The van der Waals surface area contributed by atoms with Crippen LogP contribution >= 0.6 is 0 Å². The van der Waals surface area contributed by atoms with Gasteiger partial charge in [-0.1, -0.05) is 0 Å². The van der Waals surface area contributed by atoms with E-state index in [4.69, 9.17) is 10.2 Å². The SMILES string of the molecule is Cc1nc(C)c(C(=O)N2CCC(n3ccc(N)n3)CC2)o1. The van der Waals surface area contributed by atoms with Gasteiger partial charge in [-0.2, -0.15) is 5.10 Å². The predicted molar refractivity (Wildman–Crippen MR) is 76.8 cm³/mol. The molecule has 21 heavy (non-hydrogen) atoms. The number of nitrogen functional groups attached to an aromatic ring is 1. The number of hydrogen-bond donors (Lipinski definition) is 1. The molecule has 1 aliphatic heterocycles. The van der Waals surface area contributed by atoms with Crippen LogP contribution < -0.4 is 5.73 Å². The maximum absolute atomic E-state index is 12.4. The fraction of sp³-hybridized carbons (Fsp3) is 0.500. The van der Waals surface area contributed by atoms with Gasteiger partial charge in [-0.3, -0.25) is 9.48 Å². The number of likely N-dealkylation sites (tertiary alicyclic amines) is 1. The summed E-state index contributed by atoms with van der Waals surface area (Å²) in [5, 5.41) is 4.24. The van der Waals surface area contributed by atoms with Crippen molar-refractivity contribution in [3.8, 4) is 0 Å². The van der Waals surface area contributed by atoms with Crippen molar-refractivity contribution in [2.75, 3.05) is 18.8 Å². The number of amides is 1. The molecule has 1 saturated heterocycles. The summed E-state index contributed by atoms with van der Waals surface area (Å²) in [6.07, 6.45) is 3.61. The van der Waals surface area contributed by atoms with Crippen LogP contribution in [0.15, 0.2) is 16.7 Å². The van der Waals surface area contributed by atoms with Gasteiger partial charge in [0.25, 0.3) is 5.91 Å². The van der Waals surface area contributed by atoms with Crippen LogP contribution in [-0.4, -0.2) is 38.7 Å². The van der Waals surface area contributed by atoms with Gasteiger partial charge in [0.1, 0.15) is 5.82 Å². The zero-order valence-electron chi connectivity index (χ0n) is 12.2. The van der Waals surface area contributed by atoms with Crippen molar-refractivity contribution in [1.82, 2.24) is 19.7 Å². The third-order valence-corrected chi connectivity index (χ3v) is 3.85. The predicted octanol–water partition coefficient (Wildman–Crippen LogP) is 1.55. The molecule has 1 amide bonds. The molecule has 2 aromatic rings. The first kappa shape index (κ1) is 13.7. The third-order valence-electron chi connectivity index (χ3n) is 3.85. The van der Waals surface area contributed by atoms with Crippen LogP contribution in [0.4, 0.5) is 5.82 Å². The molecule has 1 fully saturated rings. The van der Waals surface area contributed by atoms with Crippen LogP contribution in [0.1, 0.15) is 41.0 Å². The average Bonchev–Trinajstić information content (AvgIpc) is 3.04. The molecular formula is C14H19N5O2. The Morgan fingerprint density at radius 1 is 1.38 bits per heavy atom. The van der Waals surface area contributed by atoms with Crippen LogP contribution in [-0.2, 0) is 0 Å². The van der Waals surface area contributed by atoms with E-state index in [0.717, 1.165) is 12.8 Å². The second kappa shape index (κ2) is 5.23. The largest absolute Gasteiger partial charge is 0.436 e. The Kier molecular flexibility index (Phi) is 3.40. The summed E-state index contributed by atoms with van der Waals surface area (Å²) in [6, 6.07) is 2.09. The minimum absolute atomic E-state index is 0.0773. The molecule has 7 nitrogen and oxygen atoms in total. The molecule has 0 aliphatic carbocycles. The Hall–Kier alpha value is -2.31. The van der Waals surface area contributed by atoms with E-state index in [1.54, 1.807) is 19.9 Å². The summed E-state index contributed by atoms with van der Waals surface area (Å²) in [7, 11) is 0. The molecule has 2 aromatic heterocycles. The summed E-state index contributed by atoms with van der Waals surface area (Å²) in [5.41, 5.74) is 6.29. The highest BCUT2D eigenvalue weighted by molar-refractivity contribution is 5.92. The molecule has 0 aromatic carbocycles. The summed E-state index contributed by atoms with van der Waals surface area (Å²) >= 11 is 0. The van der Waals surface area contributed by atoms with Crippen LogP contribution in [0, 0.1) is 13.8 Å². The molecule has 0 bridgehead atoms. The van der Waals surface area contributed by atoms with Crippen molar-refractivity contribution >= 4 is 11.7 Å². The number of aryl methyl sites for hydroxylation is 2. The molecule has 0 radical (unpaired) electrons. The van der Waals surface area contributed by atoms with E-state index >= 15 is 0 Å². The van der Waals surface area contributed by atoms with E-state index in [1.165, 1.54) is 0 Å². The molecule has 7 heteroatoms. The van der Waals surface area contributed by atoms with Crippen molar-refractivity contribution in [2.45, 2.75) is 32.7 Å². The quantitative estimate of drug-likeness (QED) is 0.905. The fourth-order valence-corrected chi connectivity index (χ4v) is 2.76. The highest BCUT2D eigenvalue weighted by Gasteiger charge is 2.28. The van der Waals surface area contributed by atoms with Crippen molar-refractivity contribution in [1.29, 1.82) is 0 Å². The van der Waals surface area contributed by atoms with Gasteiger partial charge in [-0.05, 0) is 25.8 Å². The molecule has 0 spiro atoms. The monoisotopic (exact) mass is 289 g/mol. The summed E-state index contributed by atoms with van der Waals surface area (Å²) < 4.78 is 7.30. The van der Waals surface area contributed by atoms with E-state index < -0.39 is 0 Å². The van der Waals surface area contributed by atoms with Gasteiger partial charge >= 0.3 is 0 Å². The van der Waals surface area contributed by atoms with Gasteiger partial charge in [0.2, 0.25) is 5.76 Å². The van der Waals surface area contributed by atoms with Crippen LogP contribution in [0.25, 0.3) is 0 Å². The molecule has 1 aliphatic rings. The number of carbonyl (C=O) groups excluding carboxylic acids is 1. The van der Waals surface area contributed by atoms with E-state index in [2.05, 4.69) is 10.1 Å². The Labute approximate surface area is 122 Å². The minimum atomic E-state index is -0.0773. The Balaban J connectivity index is 1.65. The first-order valence-corrected chi connectivity index (χ1v) is 7.08. The second-order valence-electron chi connectivity index (χ2n) is 5.39. The lowest BCUT2D eigenvalue weighted by atomic mass is 10.0. The molecule has 112 valence electrons. The Morgan fingerprint density at radius 3 is 2.62 bits per heavy atom. The van der Waals surface area contributed by atoms with Gasteiger partial charge < -0.3 is 15.1 Å². The third kappa shape index (κ3) is 2.63. The molecular weight excluding hydrogens is 270 g/mol. The number of oxazole rings is 1. The Bertz CT molecular complexity index is 652. The van der Waals surface area contributed by atoms with Gasteiger partial charge in [0.15, 0.2) is 5.89 Å². The highest BCUT2D eigenvalue weighted by atomic mass is 16.4. The normalized spacial score (nSPS) is 16.4. The van der Waals surface area contributed by atoms with E-state index in [9.17, 15) is 4.79 Å². The lowest BCUT2D eigenvalue weighted by Gasteiger charge is -2.31. The molecule has 2 N–H and O–H groups in total. The topological polar surface area (TPSA) is 90.2 Å². The molecule has 3 rings (SSSR count). The van der Waals surface area contributed by atoms with Crippen molar-refractivity contribution in [3.63, 3.8) is 0 Å². The first-order valence-electron chi connectivity index (χ1n) is 7.08. The lowest BCUT2D eigenvalue weighted by molar-refractivity contribution is 0.0655. The second-order valence-corrected chi connectivity index (χ2v) is 5.39. The lowest BCUT2D eigenvalue weighted by Crippen LogP contribution is -2.39. The number of piperidine rings is 1. The zero-order valence-corrected chi connectivity index (χ0v) is 12.2. The maximum Gasteiger partial charge on any atom is 0.291 e. The standard InChI is InChI=1S/C14H19N5O2/c1-9-13(21-10(2)16-9)14(20)18-6-3-11(4-7-18)19-8-5-12(15)17-19/h5,8,11H,3-4,6-7H2,1-2H3,(H2,15,17). The van der Waals surface area contributed by atoms with Crippen LogP contribution in [0.3, 0.4) is 0 Å². The van der Waals surface area contributed by atoms with E-state index in [-0.39, 0.29) is 5.91 Å². The number of anilines is 1. The van der Waals surface area contributed by atoms with Crippen molar-refractivity contribution in [2.24, 2.45) is 0 Å². The summed E-state index contributed by atoms with van der Waals surface area (Å²) in [5.74, 6) is 1.33. The summed E-state index contributed by atoms with van der Waals surface area (Å²) in [4.78, 5) is 18.4. The van der Waals surface area contributed by atoms with E-state index in [1.807, 2.05) is 15.8 Å². The van der Waals surface area contributed by atoms with Crippen molar-refractivity contribution < 1.29 is 9.21 Å². The minimum Gasteiger partial charge on any atom is -0.436 e. The number of rotatable bonds is 2. The van der Waals surface area contributed by atoms with Crippen LogP contribution in [0.5, 0.6) is 0 Å². The van der Waals surface area contributed by atoms with Gasteiger partial charge in [-0.15, -0.1) is 0 Å². The molecule has 3 heterocycles. The van der Waals surface area contributed by atoms with Crippen molar-refractivity contribution in [3.05, 3.63) is 29.6 Å². The fourth-order valence-electron chi connectivity index (χ4n) is 2.76. The zero-order chi connectivity index (χ0) is 15.0. The number of hydrogen-bond acceptors (Lipinski definition) is 5. The highest BCUT2D eigenvalue weighted by Crippen LogP contribution is 2.24. The number of nitrogens with zero attached hydrogens (tertiary/aromatic N) is 4. The molecule has 0 unspecified atom stereocenters. The van der Waals surface area contributed by atoms with Gasteiger partial charge in [0, 0.05) is 26.2 Å². The van der Waals surface area contributed by atoms with Gasteiger partial charge in [0.05, 0.1) is 11.7 Å². The number of carbonyl (C=O) groups is 1. The average molecular weight is 289 g/mol. The first-order chi connectivity index (χ1) is 10.0. The van der Waals surface area contributed by atoms with Gasteiger partial charge in [-0.25, -0.2) is 4.98 Å². The summed E-state index contributed by atoms with van der Waals surface area (Å²) in [6.45, 7) is 4.91. The smallest absolute Gasteiger partial charge is 0.291 e. The number of aromatic nitrogens is 3. The molecule has 0 saturated carbocycles. The van der Waals surface area contributed by atoms with E-state index in [0.29, 0.717) is 42.3 Å². The Morgan fingerprint density at radius 2 is 2.10 bits per heavy atom. The number of nitrogens with two attached hydrogens (primary N) is 1. The maximum atomic E-state index is 12.4.